The van der Waals surface area contributed by atoms with Gasteiger partial charge in [-0.25, -0.2) is 0 Å². The average molecular weight is 343 g/mol. The third kappa shape index (κ3) is 8.63. The summed E-state index contributed by atoms with van der Waals surface area (Å²) in [6.07, 6.45) is 4.95. The summed E-state index contributed by atoms with van der Waals surface area (Å²) in [5.74, 6) is 0. The Hall–Kier alpha value is 0.840. The second kappa shape index (κ2) is 11.3. The molecule has 0 aromatic heterocycles. The maximum absolute atomic E-state index is 2.53. The first-order valence-corrected chi connectivity index (χ1v) is 9.95. The van der Waals surface area contributed by atoms with Crippen LogP contribution in [0.1, 0.15) is 33.6 Å². The Morgan fingerprint density at radius 3 is 2.40 bits per heavy atom. The van der Waals surface area contributed by atoms with Crippen LogP contribution in [0.3, 0.4) is 0 Å². The van der Waals surface area contributed by atoms with Crippen molar-refractivity contribution in [1.29, 1.82) is 0 Å². The van der Waals surface area contributed by atoms with Gasteiger partial charge in [0.15, 0.2) is 0 Å². The second-order valence-corrected chi connectivity index (χ2v) is 7.68. The molecule has 3 heteroatoms. The zero-order valence-electron chi connectivity index (χ0n) is 10.6. The van der Waals surface area contributed by atoms with Crippen molar-refractivity contribution in [2.75, 3.05) is 25.9 Å². The first-order valence-electron chi connectivity index (χ1n) is 5.85. The van der Waals surface area contributed by atoms with E-state index in [4.69, 9.17) is 0 Å². The summed E-state index contributed by atoms with van der Waals surface area (Å²) in [7, 11) is 0. The Kier molecular flexibility index (Phi) is 12.0. The van der Waals surface area contributed by atoms with E-state index in [1.807, 2.05) is 11.8 Å². The number of nitrogens with zero attached hydrogens (tertiary/aromatic N) is 1. The monoisotopic (exact) mass is 345 g/mol. The van der Waals surface area contributed by atoms with Crippen molar-refractivity contribution in [1.82, 2.24) is 4.90 Å². The van der Waals surface area contributed by atoms with E-state index in [0.29, 0.717) is 0 Å². The van der Waals surface area contributed by atoms with Gasteiger partial charge in [-0.3, -0.25) is 0 Å². The van der Waals surface area contributed by atoms with Gasteiger partial charge in [-0.2, -0.15) is 0 Å². The van der Waals surface area contributed by atoms with Crippen molar-refractivity contribution in [2.45, 2.75) is 38.1 Å². The van der Waals surface area contributed by atoms with Crippen LogP contribution in [0.2, 0.25) is 4.47 Å². The Labute approximate surface area is 110 Å². The Bertz CT molecular complexity index is 167. The van der Waals surface area contributed by atoms with Gasteiger partial charge < -0.3 is 0 Å². The normalized spacial score (nSPS) is 12.5. The fourth-order valence-corrected chi connectivity index (χ4v) is 5.84. The van der Waals surface area contributed by atoms with Gasteiger partial charge in [0, 0.05) is 0 Å². The molecule has 0 amide bonds. The fraction of sp³-hybridized carbons (Fsp3) is 0.833. The van der Waals surface area contributed by atoms with Crippen molar-refractivity contribution >= 4 is 32.7 Å². The molecule has 0 aromatic carbocycles. The third-order valence-corrected chi connectivity index (χ3v) is 6.46. The van der Waals surface area contributed by atoms with E-state index < -0.39 is 0 Å². The van der Waals surface area contributed by atoms with Crippen molar-refractivity contribution in [3.8, 4) is 0 Å². The molecule has 15 heavy (non-hydrogen) atoms. The summed E-state index contributed by atoms with van der Waals surface area (Å²) in [6, 6.07) is 0. The zero-order valence-corrected chi connectivity index (χ0v) is 13.7. The molecule has 0 unspecified atom stereocenters. The van der Waals surface area contributed by atoms with Gasteiger partial charge in [0.2, 0.25) is 0 Å². The molecule has 1 nitrogen and oxygen atoms in total. The Balaban J connectivity index is 3.97. The number of hydrogen-bond donors (Lipinski definition) is 0. The fourth-order valence-electron chi connectivity index (χ4n) is 1.26. The minimum atomic E-state index is 0.120. The number of hydrogen-bond acceptors (Lipinski definition) is 2. The van der Waals surface area contributed by atoms with Gasteiger partial charge in [-0.1, -0.05) is 0 Å². The standard InChI is InChI=1S/C12H25NSTe/c1-5-8-9-15-12(11-14-4)10-13(6-2)7-3/h11H,5-10H2,1-4H3/b12-11-. The SMILES string of the molecule is CCCC[Te]/C(=C\SC)CN(CC)CC. The van der Waals surface area contributed by atoms with Crippen molar-refractivity contribution in [2.24, 2.45) is 0 Å². The Morgan fingerprint density at radius 2 is 1.93 bits per heavy atom. The third-order valence-electron chi connectivity index (χ3n) is 2.31. The van der Waals surface area contributed by atoms with Gasteiger partial charge in [0.05, 0.1) is 0 Å². The van der Waals surface area contributed by atoms with Crippen molar-refractivity contribution in [3.63, 3.8) is 0 Å². The van der Waals surface area contributed by atoms with Crippen LogP contribution in [0, 0.1) is 0 Å². The van der Waals surface area contributed by atoms with Crippen LogP contribution in [0.5, 0.6) is 0 Å². The van der Waals surface area contributed by atoms with Gasteiger partial charge in [0.25, 0.3) is 0 Å². The van der Waals surface area contributed by atoms with Crippen molar-refractivity contribution < 1.29 is 0 Å². The summed E-state index contributed by atoms with van der Waals surface area (Å²) in [6.45, 7) is 10.4. The molecule has 0 spiro atoms. The van der Waals surface area contributed by atoms with E-state index in [1.165, 1.54) is 36.9 Å². The number of unbranched alkanes of at least 4 members (excludes halogenated alkanes) is 1. The van der Waals surface area contributed by atoms with Crippen LogP contribution in [0.4, 0.5) is 0 Å². The summed E-state index contributed by atoms with van der Waals surface area (Å²) >= 11 is 1.99. The van der Waals surface area contributed by atoms with E-state index in [9.17, 15) is 0 Å². The predicted molar refractivity (Wildman–Crippen MR) is 74.9 cm³/mol. The molecule has 0 atom stereocenters. The molecular weight excluding hydrogens is 318 g/mol. The van der Waals surface area contributed by atoms with E-state index in [-0.39, 0.29) is 20.9 Å². The summed E-state index contributed by atoms with van der Waals surface area (Å²) in [4.78, 5) is 2.53. The molecule has 0 rings (SSSR count). The zero-order chi connectivity index (χ0) is 11.5. The first-order chi connectivity index (χ1) is 7.28. The molecule has 0 fully saturated rings. The molecule has 0 aromatic rings. The summed E-state index contributed by atoms with van der Waals surface area (Å²) in [5, 5.41) is 2.40. The maximum atomic E-state index is 2.53. The molecule has 0 heterocycles. The van der Waals surface area contributed by atoms with E-state index in [1.54, 1.807) is 3.62 Å². The van der Waals surface area contributed by atoms with Gasteiger partial charge >= 0.3 is 111 Å². The Morgan fingerprint density at radius 1 is 1.27 bits per heavy atom. The summed E-state index contributed by atoms with van der Waals surface area (Å²) < 4.78 is 3.22. The van der Waals surface area contributed by atoms with Crippen LogP contribution >= 0.6 is 11.8 Å². The van der Waals surface area contributed by atoms with E-state index >= 15 is 0 Å². The van der Waals surface area contributed by atoms with Crippen LogP contribution in [0.25, 0.3) is 0 Å². The predicted octanol–water partition coefficient (Wildman–Crippen LogP) is 3.46. The second-order valence-electron chi connectivity index (χ2n) is 3.48. The minimum absolute atomic E-state index is 0.120. The molecule has 0 saturated heterocycles. The molecule has 0 saturated carbocycles. The van der Waals surface area contributed by atoms with E-state index in [2.05, 4.69) is 37.3 Å². The number of rotatable bonds is 9. The van der Waals surface area contributed by atoms with Crippen molar-refractivity contribution in [3.05, 3.63) is 9.03 Å². The molecule has 90 valence electrons. The summed E-state index contributed by atoms with van der Waals surface area (Å²) in [5.41, 5.74) is 0. The molecule has 0 aliphatic heterocycles. The first kappa shape index (κ1) is 15.8. The molecular formula is C12H25NSTe. The van der Waals surface area contributed by atoms with Crippen LogP contribution in [0.15, 0.2) is 9.03 Å². The molecule has 0 aliphatic carbocycles. The van der Waals surface area contributed by atoms with Gasteiger partial charge in [-0.15, -0.1) is 0 Å². The van der Waals surface area contributed by atoms with Gasteiger partial charge in [0.1, 0.15) is 0 Å². The average Bonchev–Trinajstić information content (AvgIpc) is 2.26. The van der Waals surface area contributed by atoms with Crippen LogP contribution in [-0.2, 0) is 0 Å². The van der Waals surface area contributed by atoms with Crippen LogP contribution < -0.4 is 0 Å². The number of likely N-dealkylation sites (N-methyl/N-ethyl adjacent to an activating group) is 1. The molecule has 0 N–H and O–H groups in total. The number of thioether (sulfide) groups is 1. The van der Waals surface area contributed by atoms with E-state index in [0.717, 1.165) is 0 Å². The quantitative estimate of drug-likeness (QED) is 0.466. The molecule has 0 radical (unpaired) electrons. The molecule has 0 bridgehead atoms. The van der Waals surface area contributed by atoms with Gasteiger partial charge in [-0.05, 0) is 0 Å². The topological polar surface area (TPSA) is 3.24 Å². The molecule has 0 aliphatic rings. The van der Waals surface area contributed by atoms with Crippen LogP contribution in [-0.4, -0.2) is 51.7 Å².